The van der Waals surface area contributed by atoms with Crippen molar-refractivity contribution in [3.8, 4) is 17.0 Å². The zero-order valence-electron chi connectivity index (χ0n) is 19.3. The molecule has 0 spiro atoms. The number of nitrogens with zero attached hydrogens (tertiary/aromatic N) is 3. The SMILES string of the molecule is CC(C)C.CO/C(N)=C/C(=C\N)c1ccc2c(c1)COc1nc(N3CC=NCC3)ccc1-2. The van der Waals surface area contributed by atoms with Crippen LogP contribution in [0.25, 0.3) is 16.7 Å². The van der Waals surface area contributed by atoms with Crippen molar-refractivity contribution in [2.24, 2.45) is 22.4 Å². The molecule has 0 saturated heterocycles. The Labute approximate surface area is 190 Å². The first-order chi connectivity index (χ1) is 15.4. The van der Waals surface area contributed by atoms with Crippen LogP contribution in [0.5, 0.6) is 5.88 Å². The number of fused-ring (bicyclic) bond motifs is 3. The molecule has 3 heterocycles. The largest absolute Gasteiger partial charge is 0.483 e. The molecule has 0 atom stereocenters. The smallest absolute Gasteiger partial charge is 0.223 e. The molecule has 0 fully saturated rings. The summed E-state index contributed by atoms with van der Waals surface area (Å²) in [4.78, 5) is 11.2. The standard InChI is InChI=1S/C21H23N5O2.C4H10/c1-27-19(23)11-15(12-22)14-2-3-17-16(10-14)13-28-21-18(17)4-5-20(25-21)26-8-6-24-7-9-26;1-4(2)3/h2-6,10-12H,7-9,13,22-23H2,1H3;4H,1-3H3/b15-12+,19-11+;. The maximum Gasteiger partial charge on any atom is 0.223 e. The van der Waals surface area contributed by atoms with E-state index < -0.39 is 0 Å². The summed E-state index contributed by atoms with van der Waals surface area (Å²) < 4.78 is 11.0. The van der Waals surface area contributed by atoms with Crippen molar-refractivity contribution >= 4 is 17.6 Å². The lowest BCUT2D eigenvalue weighted by Gasteiger charge is -2.26. The minimum absolute atomic E-state index is 0.301. The molecular formula is C25H33N5O2. The lowest BCUT2D eigenvalue weighted by molar-refractivity contribution is 0.288. The first-order valence-electron chi connectivity index (χ1n) is 10.9. The van der Waals surface area contributed by atoms with Crippen molar-refractivity contribution in [1.82, 2.24) is 4.98 Å². The normalized spacial score (nSPS) is 15.3. The molecule has 0 amide bonds. The fourth-order valence-electron chi connectivity index (χ4n) is 3.39. The van der Waals surface area contributed by atoms with Crippen molar-refractivity contribution in [2.45, 2.75) is 27.4 Å². The number of aromatic nitrogens is 1. The van der Waals surface area contributed by atoms with E-state index in [0.29, 0.717) is 18.4 Å². The van der Waals surface area contributed by atoms with Crippen molar-refractivity contribution in [2.75, 3.05) is 31.6 Å². The summed E-state index contributed by atoms with van der Waals surface area (Å²) in [5.74, 6) is 2.72. The summed E-state index contributed by atoms with van der Waals surface area (Å²) in [7, 11) is 1.52. The van der Waals surface area contributed by atoms with Gasteiger partial charge < -0.3 is 25.8 Å². The number of nitrogens with two attached hydrogens (primary N) is 2. The van der Waals surface area contributed by atoms with Gasteiger partial charge in [0.25, 0.3) is 0 Å². The third-order valence-corrected chi connectivity index (χ3v) is 4.91. The van der Waals surface area contributed by atoms with Gasteiger partial charge in [0.05, 0.1) is 20.2 Å². The maximum absolute atomic E-state index is 5.97. The lowest BCUT2D eigenvalue weighted by Crippen LogP contribution is -2.32. The Bertz CT molecular complexity index is 1020. The fraction of sp³-hybridized carbons (Fsp3) is 0.360. The van der Waals surface area contributed by atoms with Crippen molar-refractivity contribution in [1.29, 1.82) is 0 Å². The molecular weight excluding hydrogens is 402 g/mol. The highest BCUT2D eigenvalue weighted by Crippen LogP contribution is 2.38. The highest BCUT2D eigenvalue weighted by Gasteiger charge is 2.21. The molecule has 4 N–H and O–H groups in total. The maximum atomic E-state index is 5.97. The molecule has 0 unspecified atom stereocenters. The average molecular weight is 436 g/mol. The van der Waals surface area contributed by atoms with Gasteiger partial charge in [0, 0.05) is 36.2 Å². The molecule has 0 aliphatic carbocycles. The number of rotatable bonds is 4. The Kier molecular flexibility index (Phi) is 7.76. The third kappa shape index (κ3) is 5.60. The number of aliphatic imine (C=N–C) groups is 1. The summed E-state index contributed by atoms with van der Waals surface area (Å²) in [5.41, 5.74) is 16.5. The molecule has 4 rings (SSSR count). The number of anilines is 1. The van der Waals surface area contributed by atoms with Crippen LogP contribution in [0.4, 0.5) is 5.82 Å². The quantitative estimate of drug-likeness (QED) is 0.557. The summed E-state index contributed by atoms with van der Waals surface area (Å²) >= 11 is 0. The van der Waals surface area contributed by atoms with E-state index in [9.17, 15) is 0 Å². The summed E-state index contributed by atoms with van der Waals surface area (Å²) in [5, 5.41) is 0. The van der Waals surface area contributed by atoms with Crippen LogP contribution in [0.1, 0.15) is 31.9 Å². The molecule has 2 aliphatic heterocycles. The van der Waals surface area contributed by atoms with Crippen LogP contribution in [0.2, 0.25) is 0 Å². The van der Waals surface area contributed by atoms with Crippen LogP contribution in [-0.4, -0.2) is 37.9 Å². The number of methoxy groups -OCH3 is 1. The summed E-state index contributed by atoms with van der Waals surface area (Å²) in [6, 6.07) is 10.3. The molecule has 1 aromatic carbocycles. The number of ether oxygens (including phenoxy) is 2. The Hall–Kier alpha value is -3.48. The molecule has 2 aliphatic rings. The zero-order valence-corrected chi connectivity index (χ0v) is 19.3. The van der Waals surface area contributed by atoms with Gasteiger partial charge in [0.2, 0.25) is 5.88 Å². The molecule has 7 heteroatoms. The van der Waals surface area contributed by atoms with E-state index in [1.807, 2.05) is 18.3 Å². The first kappa shape index (κ1) is 23.2. The van der Waals surface area contributed by atoms with Crippen molar-refractivity contribution in [3.63, 3.8) is 0 Å². The number of hydrogen-bond donors (Lipinski definition) is 2. The summed E-state index contributed by atoms with van der Waals surface area (Å²) in [6.07, 6.45) is 5.14. The topological polar surface area (TPSA) is 99.0 Å². The second-order valence-corrected chi connectivity index (χ2v) is 8.32. The zero-order chi connectivity index (χ0) is 23.1. The number of hydrogen-bond acceptors (Lipinski definition) is 7. The van der Waals surface area contributed by atoms with Gasteiger partial charge in [-0.2, -0.15) is 4.98 Å². The molecule has 0 bridgehead atoms. The van der Waals surface area contributed by atoms with E-state index in [0.717, 1.165) is 59.2 Å². The molecule has 0 radical (unpaired) electrons. The van der Waals surface area contributed by atoms with Gasteiger partial charge in [-0.3, -0.25) is 4.99 Å². The molecule has 32 heavy (non-hydrogen) atoms. The Morgan fingerprint density at radius 1 is 1.19 bits per heavy atom. The van der Waals surface area contributed by atoms with Gasteiger partial charge in [-0.25, -0.2) is 0 Å². The van der Waals surface area contributed by atoms with Gasteiger partial charge in [0.15, 0.2) is 5.88 Å². The van der Waals surface area contributed by atoms with E-state index >= 15 is 0 Å². The van der Waals surface area contributed by atoms with Crippen molar-refractivity contribution in [3.05, 3.63) is 59.6 Å². The minimum atomic E-state index is 0.301. The number of benzene rings is 1. The van der Waals surface area contributed by atoms with E-state index in [1.165, 1.54) is 13.3 Å². The molecule has 170 valence electrons. The lowest BCUT2D eigenvalue weighted by atomic mass is 9.94. The van der Waals surface area contributed by atoms with Gasteiger partial charge in [-0.05, 0) is 40.8 Å². The minimum Gasteiger partial charge on any atom is -0.483 e. The fourth-order valence-corrected chi connectivity index (χ4v) is 3.39. The van der Waals surface area contributed by atoms with E-state index in [-0.39, 0.29) is 0 Å². The first-order valence-corrected chi connectivity index (χ1v) is 10.9. The van der Waals surface area contributed by atoms with E-state index in [4.69, 9.17) is 25.9 Å². The Morgan fingerprint density at radius 2 is 1.94 bits per heavy atom. The van der Waals surface area contributed by atoms with E-state index in [2.05, 4.69) is 48.9 Å². The predicted octanol–water partition coefficient (Wildman–Crippen LogP) is 3.94. The molecule has 7 nitrogen and oxygen atoms in total. The second-order valence-electron chi connectivity index (χ2n) is 8.32. The van der Waals surface area contributed by atoms with Crippen LogP contribution < -0.4 is 21.1 Å². The van der Waals surface area contributed by atoms with Crippen LogP contribution in [0.15, 0.2) is 53.5 Å². The van der Waals surface area contributed by atoms with Gasteiger partial charge in [0.1, 0.15) is 12.4 Å². The van der Waals surface area contributed by atoms with Gasteiger partial charge >= 0.3 is 0 Å². The highest BCUT2D eigenvalue weighted by molar-refractivity contribution is 5.80. The second kappa shape index (κ2) is 10.7. The van der Waals surface area contributed by atoms with Gasteiger partial charge in [-0.1, -0.05) is 32.9 Å². The number of pyridine rings is 1. The number of allylic oxidation sites excluding steroid dienone is 2. The molecule has 2 aromatic rings. The predicted molar refractivity (Wildman–Crippen MR) is 132 cm³/mol. The average Bonchev–Trinajstić information content (AvgIpc) is 2.81. The Balaban J connectivity index is 0.000000668. The summed E-state index contributed by atoms with van der Waals surface area (Å²) in [6.45, 7) is 9.40. The molecule has 1 aromatic heterocycles. The van der Waals surface area contributed by atoms with E-state index in [1.54, 1.807) is 6.08 Å². The molecule has 0 saturated carbocycles. The van der Waals surface area contributed by atoms with Crippen LogP contribution in [-0.2, 0) is 11.3 Å². The third-order valence-electron chi connectivity index (χ3n) is 4.91. The Morgan fingerprint density at radius 3 is 2.59 bits per heavy atom. The monoisotopic (exact) mass is 435 g/mol. The van der Waals surface area contributed by atoms with Crippen LogP contribution >= 0.6 is 0 Å². The van der Waals surface area contributed by atoms with Crippen molar-refractivity contribution < 1.29 is 9.47 Å². The van der Waals surface area contributed by atoms with Crippen LogP contribution in [0, 0.1) is 5.92 Å². The van der Waals surface area contributed by atoms with Crippen LogP contribution in [0.3, 0.4) is 0 Å². The van der Waals surface area contributed by atoms with Gasteiger partial charge in [-0.15, -0.1) is 0 Å². The highest BCUT2D eigenvalue weighted by atomic mass is 16.5.